The van der Waals surface area contributed by atoms with Gasteiger partial charge in [-0.1, -0.05) is 12.7 Å². The minimum absolute atomic E-state index is 0.00473. The molecule has 1 aliphatic rings. The van der Waals surface area contributed by atoms with E-state index in [1.54, 1.807) is 20.8 Å². The minimum Gasteiger partial charge on any atom is -0.460 e. The zero-order valence-electron chi connectivity index (χ0n) is 11.5. The minimum atomic E-state index is -1.20. The van der Waals surface area contributed by atoms with Crippen molar-refractivity contribution in [2.24, 2.45) is 0 Å². The van der Waals surface area contributed by atoms with E-state index in [1.807, 2.05) is 0 Å². The third kappa shape index (κ3) is 4.08. The summed E-state index contributed by atoms with van der Waals surface area (Å²) >= 11 is 0. The first kappa shape index (κ1) is 15.2. The summed E-state index contributed by atoms with van der Waals surface area (Å²) in [5.74, 6) is -1.08. The lowest BCUT2D eigenvalue weighted by Crippen LogP contribution is -2.46. The number of hydrogen-bond acceptors (Lipinski definition) is 5. The summed E-state index contributed by atoms with van der Waals surface area (Å²) in [5.41, 5.74) is -0.682. The van der Waals surface area contributed by atoms with E-state index >= 15 is 0 Å². The molecular weight excluding hydrogens is 250 g/mol. The van der Waals surface area contributed by atoms with E-state index in [-0.39, 0.29) is 25.4 Å². The molecule has 0 aromatic carbocycles. The van der Waals surface area contributed by atoms with Crippen LogP contribution in [0.1, 0.15) is 27.2 Å². The standard InChI is InChI=1S/C13H19NO5/c1-5-8-18-11(16)10-9(15)6-7-14(10)12(17)19-13(2,3)4/h5,10H,1,6-8H2,2-4H3. The highest BCUT2D eigenvalue weighted by Gasteiger charge is 2.43. The van der Waals surface area contributed by atoms with Crippen molar-refractivity contribution in [3.05, 3.63) is 12.7 Å². The Morgan fingerprint density at radius 3 is 2.63 bits per heavy atom. The average Bonchev–Trinajstić information content (AvgIpc) is 2.66. The van der Waals surface area contributed by atoms with E-state index in [1.165, 1.54) is 6.08 Å². The maximum absolute atomic E-state index is 11.9. The predicted molar refractivity (Wildman–Crippen MR) is 67.5 cm³/mol. The molecule has 0 N–H and O–H groups in total. The Morgan fingerprint density at radius 2 is 2.11 bits per heavy atom. The maximum Gasteiger partial charge on any atom is 0.411 e. The molecular formula is C13H19NO5. The van der Waals surface area contributed by atoms with Crippen molar-refractivity contribution >= 4 is 17.8 Å². The molecule has 1 rings (SSSR count). The fourth-order valence-electron chi connectivity index (χ4n) is 1.67. The SMILES string of the molecule is C=CCOC(=O)C1C(=O)CCN1C(=O)OC(C)(C)C. The highest BCUT2D eigenvalue weighted by molar-refractivity contribution is 6.07. The van der Waals surface area contributed by atoms with Gasteiger partial charge in [-0.15, -0.1) is 0 Å². The molecule has 19 heavy (non-hydrogen) atoms. The summed E-state index contributed by atoms with van der Waals surface area (Å²) in [4.78, 5) is 36.5. The number of carbonyl (C=O) groups is 3. The molecule has 0 bridgehead atoms. The average molecular weight is 269 g/mol. The Morgan fingerprint density at radius 1 is 1.47 bits per heavy atom. The molecule has 1 unspecified atom stereocenters. The first-order valence-electron chi connectivity index (χ1n) is 6.06. The van der Waals surface area contributed by atoms with Gasteiger partial charge < -0.3 is 9.47 Å². The normalized spacial score (nSPS) is 19.2. The van der Waals surface area contributed by atoms with Gasteiger partial charge in [0.15, 0.2) is 11.8 Å². The van der Waals surface area contributed by atoms with Crippen molar-refractivity contribution in [3.63, 3.8) is 0 Å². The zero-order chi connectivity index (χ0) is 14.6. The molecule has 1 saturated heterocycles. The van der Waals surface area contributed by atoms with Crippen LogP contribution in [0.2, 0.25) is 0 Å². The van der Waals surface area contributed by atoms with Crippen LogP contribution in [0.15, 0.2) is 12.7 Å². The number of ketones is 1. The van der Waals surface area contributed by atoms with Crippen LogP contribution in [0.5, 0.6) is 0 Å². The van der Waals surface area contributed by atoms with Crippen LogP contribution in [0.3, 0.4) is 0 Å². The highest BCUT2D eigenvalue weighted by Crippen LogP contribution is 2.19. The topological polar surface area (TPSA) is 72.9 Å². The zero-order valence-corrected chi connectivity index (χ0v) is 11.5. The summed E-state index contributed by atoms with van der Waals surface area (Å²) in [6.45, 7) is 8.73. The quantitative estimate of drug-likeness (QED) is 0.438. The number of hydrogen-bond donors (Lipinski definition) is 0. The number of amides is 1. The van der Waals surface area contributed by atoms with Crippen LogP contribution >= 0.6 is 0 Å². The summed E-state index contributed by atoms with van der Waals surface area (Å²) < 4.78 is 9.99. The van der Waals surface area contributed by atoms with E-state index in [4.69, 9.17) is 9.47 Å². The third-order valence-corrected chi connectivity index (χ3v) is 2.41. The smallest absolute Gasteiger partial charge is 0.411 e. The molecule has 6 heteroatoms. The van der Waals surface area contributed by atoms with Crippen LogP contribution in [-0.2, 0) is 19.1 Å². The van der Waals surface area contributed by atoms with Crippen molar-refractivity contribution in [2.45, 2.75) is 38.8 Å². The Hall–Kier alpha value is -1.85. The van der Waals surface area contributed by atoms with Crippen molar-refractivity contribution < 1.29 is 23.9 Å². The van der Waals surface area contributed by atoms with E-state index in [9.17, 15) is 14.4 Å². The van der Waals surface area contributed by atoms with Gasteiger partial charge in [0.25, 0.3) is 0 Å². The molecule has 1 amide bonds. The first-order valence-corrected chi connectivity index (χ1v) is 6.06. The number of esters is 1. The predicted octanol–water partition coefficient (Wildman–Crippen LogP) is 1.29. The van der Waals surface area contributed by atoms with E-state index in [0.717, 1.165) is 4.90 Å². The molecule has 0 spiro atoms. The van der Waals surface area contributed by atoms with Gasteiger partial charge in [-0.3, -0.25) is 9.69 Å². The monoisotopic (exact) mass is 269 g/mol. The van der Waals surface area contributed by atoms with Crippen molar-refractivity contribution in [1.82, 2.24) is 4.90 Å². The van der Waals surface area contributed by atoms with Gasteiger partial charge in [0.05, 0.1) is 0 Å². The summed E-state index contributed by atoms with van der Waals surface area (Å²) in [7, 11) is 0. The summed E-state index contributed by atoms with van der Waals surface area (Å²) in [6, 6.07) is -1.20. The van der Waals surface area contributed by atoms with Crippen molar-refractivity contribution in [1.29, 1.82) is 0 Å². The van der Waals surface area contributed by atoms with Gasteiger partial charge in [-0.25, -0.2) is 9.59 Å². The maximum atomic E-state index is 11.9. The van der Waals surface area contributed by atoms with Gasteiger partial charge in [0.2, 0.25) is 0 Å². The molecule has 0 saturated carbocycles. The summed E-state index contributed by atoms with van der Waals surface area (Å²) in [6.07, 6.45) is 0.848. The Balaban J connectivity index is 2.76. The van der Waals surface area contributed by atoms with Gasteiger partial charge >= 0.3 is 12.1 Å². The van der Waals surface area contributed by atoms with E-state index in [2.05, 4.69) is 6.58 Å². The Kier molecular flexibility index (Phi) is 4.69. The molecule has 0 aliphatic carbocycles. The molecule has 0 aromatic heterocycles. The molecule has 106 valence electrons. The number of Topliss-reactive ketones (excluding diaryl/α,β-unsaturated/α-hetero) is 1. The molecule has 0 aromatic rings. The number of rotatable bonds is 3. The number of likely N-dealkylation sites (tertiary alicyclic amines) is 1. The van der Waals surface area contributed by atoms with Gasteiger partial charge in [0, 0.05) is 13.0 Å². The van der Waals surface area contributed by atoms with Crippen LogP contribution in [-0.4, -0.2) is 47.5 Å². The Bertz CT molecular complexity index is 396. The first-order chi connectivity index (χ1) is 8.76. The molecule has 1 heterocycles. The molecule has 6 nitrogen and oxygen atoms in total. The number of ether oxygens (including phenoxy) is 2. The fourth-order valence-corrected chi connectivity index (χ4v) is 1.67. The van der Waals surface area contributed by atoms with Crippen LogP contribution in [0.4, 0.5) is 4.79 Å². The van der Waals surface area contributed by atoms with Crippen LogP contribution in [0.25, 0.3) is 0 Å². The lowest BCUT2D eigenvalue weighted by atomic mass is 10.2. The van der Waals surface area contributed by atoms with Gasteiger partial charge in [-0.2, -0.15) is 0 Å². The highest BCUT2D eigenvalue weighted by atomic mass is 16.6. The largest absolute Gasteiger partial charge is 0.460 e. The van der Waals surface area contributed by atoms with Gasteiger partial charge in [-0.05, 0) is 20.8 Å². The molecule has 0 radical (unpaired) electrons. The second-order valence-corrected chi connectivity index (χ2v) is 5.21. The van der Waals surface area contributed by atoms with Crippen molar-refractivity contribution in [2.75, 3.05) is 13.2 Å². The van der Waals surface area contributed by atoms with E-state index < -0.39 is 23.7 Å². The second-order valence-electron chi connectivity index (χ2n) is 5.21. The molecule has 1 aliphatic heterocycles. The summed E-state index contributed by atoms with van der Waals surface area (Å²) in [5, 5.41) is 0. The number of nitrogens with zero attached hydrogens (tertiary/aromatic N) is 1. The lowest BCUT2D eigenvalue weighted by Gasteiger charge is -2.26. The Labute approximate surface area is 112 Å². The molecule has 1 atom stereocenters. The fraction of sp³-hybridized carbons (Fsp3) is 0.615. The van der Waals surface area contributed by atoms with E-state index in [0.29, 0.717) is 0 Å². The van der Waals surface area contributed by atoms with Crippen LogP contribution in [0, 0.1) is 0 Å². The second kappa shape index (κ2) is 5.86. The lowest BCUT2D eigenvalue weighted by molar-refractivity contribution is -0.150. The third-order valence-electron chi connectivity index (χ3n) is 2.41. The van der Waals surface area contributed by atoms with Crippen LogP contribution < -0.4 is 0 Å². The number of carbonyl (C=O) groups excluding carboxylic acids is 3. The van der Waals surface area contributed by atoms with Crippen molar-refractivity contribution in [3.8, 4) is 0 Å². The molecule has 1 fully saturated rings. The van der Waals surface area contributed by atoms with Gasteiger partial charge in [0.1, 0.15) is 12.2 Å².